The Balaban J connectivity index is 2.09. The van der Waals surface area contributed by atoms with Gasteiger partial charge >= 0.3 is 0 Å². The molecule has 0 saturated carbocycles. The van der Waals surface area contributed by atoms with E-state index >= 15 is 0 Å². The highest BCUT2D eigenvalue weighted by Crippen LogP contribution is 2.35. The summed E-state index contributed by atoms with van der Waals surface area (Å²) in [5.41, 5.74) is 0.419. The highest BCUT2D eigenvalue weighted by atomic mass is 35.5. The Morgan fingerprint density at radius 3 is 3.00 bits per heavy atom. The van der Waals surface area contributed by atoms with Crippen molar-refractivity contribution < 1.29 is 14.1 Å². The van der Waals surface area contributed by atoms with Gasteiger partial charge in [0.05, 0.1) is 5.56 Å². The van der Waals surface area contributed by atoms with Crippen molar-refractivity contribution in [2.75, 3.05) is 11.6 Å². The number of fused-ring (bicyclic) bond motifs is 2. The first-order valence-corrected chi connectivity index (χ1v) is 7.91. The van der Waals surface area contributed by atoms with Crippen LogP contribution in [-0.2, 0) is 16.0 Å². The molecule has 2 aliphatic rings. The fraction of sp³-hybridized carbons (Fsp3) is 0.273. The third-order valence-corrected chi connectivity index (χ3v) is 5.46. The van der Waals surface area contributed by atoms with Crippen LogP contribution in [-0.4, -0.2) is 38.1 Å². The van der Waals surface area contributed by atoms with Crippen molar-refractivity contribution >= 4 is 45.6 Å². The van der Waals surface area contributed by atoms with E-state index in [0.29, 0.717) is 15.5 Å². The lowest BCUT2D eigenvalue weighted by atomic mass is 10.2. The van der Waals surface area contributed by atoms with Crippen molar-refractivity contribution in [3.8, 4) is 0 Å². The van der Waals surface area contributed by atoms with Gasteiger partial charge in [-0.15, -0.1) is 0 Å². The van der Waals surface area contributed by atoms with Crippen LogP contribution < -0.4 is 0 Å². The van der Waals surface area contributed by atoms with E-state index in [2.05, 4.69) is 0 Å². The molecular weight excluding hydrogens is 294 g/mol. The molecule has 1 fully saturated rings. The highest BCUT2D eigenvalue weighted by Gasteiger charge is 2.45. The van der Waals surface area contributed by atoms with Crippen LogP contribution in [0.25, 0.3) is 0 Å². The Kier molecular flexibility index (Phi) is 3.05. The van der Waals surface area contributed by atoms with Crippen LogP contribution in [0.2, 0.25) is 5.02 Å². The van der Waals surface area contributed by atoms with E-state index in [-0.39, 0.29) is 22.7 Å². The van der Waals surface area contributed by atoms with Gasteiger partial charge in [-0.3, -0.25) is 14.5 Å². The standard InChI is InChI=1S/C11H8ClNO3S2/c12-6-1-2-9-7(3-6)10(14)13-5-18(16)4-8(13)11(15)17-9/h1-3,8H,4-5H2/t8-,18+/m0/s1. The Hall–Kier alpha value is -0.690. The molecule has 1 aromatic rings. The minimum absolute atomic E-state index is 0.127. The predicted octanol–water partition coefficient (Wildman–Crippen LogP) is 1.50. The van der Waals surface area contributed by atoms with Gasteiger partial charge in [-0.25, -0.2) is 0 Å². The second-order valence-corrected chi connectivity index (χ2v) is 7.04. The largest absolute Gasteiger partial charge is 0.615 e. The van der Waals surface area contributed by atoms with E-state index in [4.69, 9.17) is 11.6 Å². The lowest BCUT2D eigenvalue weighted by Gasteiger charge is -2.16. The summed E-state index contributed by atoms with van der Waals surface area (Å²) < 4.78 is 11.5. The average molecular weight is 302 g/mol. The Labute approximate surface area is 116 Å². The van der Waals surface area contributed by atoms with Gasteiger partial charge in [0.2, 0.25) is 5.12 Å². The number of rotatable bonds is 0. The first kappa shape index (κ1) is 12.3. The fourth-order valence-corrected chi connectivity index (χ4v) is 4.68. The highest BCUT2D eigenvalue weighted by molar-refractivity contribution is 8.14. The molecule has 1 aromatic carbocycles. The van der Waals surface area contributed by atoms with E-state index in [9.17, 15) is 14.1 Å². The van der Waals surface area contributed by atoms with Gasteiger partial charge in [0, 0.05) is 9.92 Å². The van der Waals surface area contributed by atoms with Gasteiger partial charge in [-0.2, -0.15) is 0 Å². The first-order valence-electron chi connectivity index (χ1n) is 5.23. The molecule has 18 heavy (non-hydrogen) atoms. The third-order valence-electron chi connectivity index (χ3n) is 2.92. The number of amides is 1. The molecule has 0 aliphatic carbocycles. The van der Waals surface area contributed by atoms with Gasteiger partial charge in [0.1, 0.15) is 5.75 Å². The number of carbonyl (C=O) groups excluding carboxylic acids is 2. The molecule has 0 aromatic heterocycles. The summed E-state index contributed by atoms with van der Waals surface area (Å²) in [5, 5.41) is 0.323. The molecule has 0 bridgehead atoms. The molecule has 2 aliphatic heterocycles. The minimum Gasteiger partial charge on any atom is -0.615 e. The van der Waals surface area contributed by atoms with E-state index in [0.717, 1.165) is 11.8 Å². The molecule has 0 N–H and O–H groups in total. The zero-order valence-electron chi connectivity index (χ0n) is 9.09. The molecular formula is C11H8ClNO3S2. The number of carbonyl (C=O) groups is 2. The molecule has 0 unspecified atom stereocenters. The van der Waals surface area contributed by atoms with Gasteiger partial charge in [-0.1, -0.05) is 11.6 Å². The SMILES string of the molecule is O=C1Sc2ccc(Cl)cc2C(=O)N2C[S@+]([O-])C[C@@H]12. The lowest BCUT2D eigenvalue weighted by molar-refractivity contribution is -0.113. The van der Waals surface area contributed by atoms with Crippen molar-refractivity contribution in [2.24, 2.45) is 0 Å². The van der Waals surface area contributed by atoms with Gasteiger partial charge in [0.15, 0.2) is 11.9 Å². The molecule has 94 valence electrons. The van der Waals surface area contributed by atoms with Crippen LogP contribution in [0.5, 0.6) is 0 Å². The van der Waals surface area contributed by atoms with Crippen molar-refractivity contribution in [1.29, 1.82) is 0 Å². The number of nitrogens with zero attached hydrogens (tertiary/aromatic N) is 1. The summed E-state index contributed by atoms with van der Waals surface area (Å²) in [7, 11) is 0. The fourth-order valence-electron chi connectivity index (χ4n) is 2.05. The molecule has 1 saturated heterocycles. The summed E-state index contributed by atoms with van der Waals surface area (Å²) in [6.07, 6.45) is 0. The van der Waals surface area contributed by atoms with Crippen LogP contribution in [0.15, 0.2) is 23.1 Å². The van der Waals surface area contributed by atoms with E-state index in [1.54, 1.807) is 18.2 Å². The zero-order chi connectivity index (χ0) is 12.9. The van der Waals surface area contributed by atoms with Crippen molar-refractivity contribution in [2.45, 2.75) is 10.9 Å². The monoisotopic (exact) mass is 301 g/mol. The van der Waals surface area contributed by atoms with E-state index in [1.807, 2.05) is 0 Å². The maximum absolute atomic E-state index is 12.3. The first-order chi connectivity index (χ1) is 8.56. The summed E-state index contributed by atoms with van der Waals surface area (Å²) in [4.78, 5) is 26.4. The predicted molar refractivity (Wildman–Crippen MR) is 70.1 cm³/mol. The number of benzene rings is 1. The summed E-state index contributed by atoms with van der Waals surface area (Å²) in [6, 6.07) is 4.32. The van der Waals surface area contributed by atoms with Gasteiger partial charge in [0.25, 0.3) is 5.91 Å². The average Bonchev–Trinajstić information content (AvgIpc) is 2.69. The molecule has 0 spiro atoms. The molecule has 7 heteroatoms. The number of hydrogen-bond donors (Lipinski definition) is 0. The van der Waals surface area contributed by atoms with Crippen molar-refractivity contribution in [3.05, 3.63) is 28.8 Å². The minimum atomic E-state index is -1.14. The van der Waals surface area contributed by atoms with Crippen molar-refractivity contribution in [1.82, 2.24) is 4.90 Å². The number of halogens is 1. The smallest absolute Gasteiger partial charge is 0.259 e. The van der Waals surface area contributed by atoms with Crippen molar-refractivity contribution in [3.63, 3.8) is 0 Å². The van der Waals surface area contributed by atoms with Crippen LogP contribution in [0.3, 0.4) is 0 Å². The molecule has 0 radical (unpaired) electrons. The summed E-state index contributed by atoms with van der Waals surface area (Å²) in [5.74, 6) is 0.0998. The summed E-state index contributed by atoms with van der Waals surface area (Å²) >= 11 is 5.77. The second kappa shape index (κ2) is 4.45. The number of thioether (sulfide) groups is 1. The molecule has 2 atom stereocenters. The van der Waals surface area contributed by atoms with Gasteiger partial charge in [-0.05, 0) is 41.1 Å². The maximum atomic E-state index is 12.3. The van der Waals surface area contributed by atoms with Gasteiger partial charge < -0.3 is 4.55 Å². The number of hydrogen-bond acceptors (Lipinski definition) is 4. The lowest BCUT2D eigenvalue weighted by Crippen LogP contribution is -2.39. The molecule has 1 amide bonds. The normalized spacial score (nSPS) is 26.9. The summed E-state index contributed by atoms with van der Waals surface area (Å²) in [6.45, 7) is 0. The van der Waals surface area contributed by atoms with Crippen LogP contribution in [0.1, 0.15) is 10.4 Å². The van der Waals surface area contributed by atoms with Crippen LogP contribution >= 0.6 is 23.4 Å². The Morgan fingerprint density at radius 1 is 1.44 bits per heavy atom. The maximum Gasteiger partial charge on any atom is 0.259 e. The van der Waals surface area contributed by atoms with E-state index in [1.165, 1.54) is 4.90 Å². The second-order valence-electron chi connectivity index (χ2n) is 4.09. The topological polar surface area (TPSA) is 60.4 Å². The van der Waals surface area contributed by atoms with E-state index < -0.39 is 17.2 Å². The molecule has 4 nitrogen and oxygen atoms in total. The third kappa shape index (κ3) is 1.93. The Bertz CT molecular complexity index is 551. The molecule has 3 rings (SSSR count). The quantitative estimate of drug-likeness (QED) is 0.681. The Morgan fingerprint density at radius 2 is 2.22 bits per heavy atom. The van der Waals surface area contributed by atoms with Crippen LogP contribution in [0, 0.1) is 0 Å². The molecule has 2 heterocycles. The van der Waals surface area contributed by atoms with Crippen LogP contribution in [0.4, 0.5) is 0 Å². The zero-order valence-corrected chi connectivity index (χ0v) is 11.5.